The zero-order valence-corrected chi connectivity index (χ0v) is 9.79. The largest absolute Gasteiger partial charge is 0.478 e. The lowest BCUT2D eigenvalue weighted by molar-refractivity contribution is 0.0697. The van der Waals surface area contributed by atoms with Gasteiger partial charge in [-0.3, -0.25) is 0 Å². The van der Waals surface area contributed by atoms with Gasteiger partial charge < -0.3 is 5.11 Å². The van der Waals surface area contributed by atoms with Crippen molar-refractivity contribution in [3.63, 3.8) is 0 Å². The number of carboxylic acid groups (broad SMARTS) is 1. The molecule has 2 aromatic carbocycles. The lowest BCUT2D eigenvalue weighted by Gasteiger charge is -2.07. The van der Waals surface area contributed by atoms with E-state index in [0.717, 1.165) is 0 Å². The van der Waals surface area contributed by atoms with Gasteiger partial charge in [-0.25, -0.2) is 4.79 Å². The molecule has 0 aromatic heterocycles. The van der Waals surface area contributed by atoms with Gasteiger partial charge in [0.15, 0.2) is 0 Å². The van der Waals surface area contributed by atoms with Crippen molar-refractivity contribution in [3.05, 3.63) is 59.2 Å². The zero-order chi connectivity index (χ0) is 13.8. The first kappa shape index (κ1) is 12.3. The van der Waals surface area contributed by atoms with Crippen molar-refractivity contribution in [1.29, 1.82) is 10.5 Å². The third-order valence-electron chi connectivity index (χ3n) is 2.72. The smallest absolute Gasteiger partial charge is 0.335 e. The van der Waals surface area contributed by atoms with E-state index in [1.54, 1.807) is 30.3 Å². The van der Waals surface area contributed by atoms with E-state index in [-0.39, 0.29) is 11.1 Å². The van der Waals surface area contributed by atoms with Gasteiger partial charge in [0.1, 0.15) is 0 Å². The molecule has 0 fully saturated rings. The quantitative estimate of drug-likeness (QED) is 0.885. The molecule has 0 bridgehead atoms. The van der Waals surface area contributed by atoms with Crippen LogP contribution in [0.15, 0.2) is 42.5 Å². The SMILES string of the molecule is N#Cc1ccccc1-c1ccc(C(=O)O)cc1C#N. The summed E-state index contributed by atoms with van der Waals surface area (Å²) in [5, 5.41) is 27.1. The van der Waals surface area contributed by atoms with Crippen molar-refractivity contribution in [2.45, 2.75) is 0 Å². The summed E-state index contributed by atoms with van der Waals surface area (Å²) in [6.07, 6.45) is 0. The van der Waals surface area contributed by atoms with Gasteiger partial charge in [-0.2, -0.15) is 10.5 Å². The van der Waals surface area contributed by atoms with E-state index in [4.69, 9.17) is 15.6 Å². The number of carboxylic acids is 1. The summed E-state index contributed by atoms with van der Waals surface area (Å²) < 4.78 is 0. The predicted octanol–water partition coefficient (Wildman–Crippen LogP) is 2.80. The minimum atomic E-state index is -1.09. The Hall–Kier alpha value is -3.11. The minimum Gasteiger partial charge on any atom is -0.478 e. The van der Waals surface area contributed by atoms with Crippen LogP contribution in [-0.2, 0) is 0 Å². The Morgan fingerprint density at radius 3 is 2.21 bits per heavy atom. The number of nitriles is 2. The highest BCUT2D eigenvalue weighted by Crippen LogP contribution is 2.27. The van der Waals surface area contributed by atoms with Gasteiger partial charge in [0, 0.05) is 11.1 Å². The van der Waals surface area contributed by atoms with Gasteiger partial charge in [0.2, 0.25) is 0 Å². The van der Waals surface area contributed by atoms with Crippen molar-refractivity contribution in [1.82, 2.24) is 0 Å². The molecule has 90 valence electrons. The van der Waals surface area contributed by atoms with Crippen molar-refractivity contribution in [2.24, 2.45) is 0 Å². The molecule has 0 saturated heterocycles. The minimum absolute atomic E-state index is 0.0507. The molecule has 0 aliphatic rings. The van der Waals surface area contributed by atoms with Gasteiger partial charge in [-0.1, -0.05) is 24.3 Å². The first-order valence-corrected chi connectivity index (χ1v) is 5.44. The maximum Gasteiger partial charge on any atom is 0.335 e. The molecule has 0 unspecified atom stereocenters. The summed E-state index contributed by atoms with van der Waals surface area (Å²) in [7, 11) is 0. The summed E-state index contributed by atoms with van der Waals surface area (Å²) >= 11 is 0. The first-order valence-electron chi connectivity index (χ1n) is 5.44. The Kier molecular flexibility index (Phi) is 3.27. The monoisotopic (exact) mass is 248 g/mol. The molecule has 0 saturated carbocycles. The van der Waals surface area contributed by atoms with Crippen LogP contribution in [0.1, 0.15) is 21.5 Å². The van der Waals surface area contributed by atoms with E-state index in [0.29, 0.717) is 16.7 Å². The Morgan fingerprint density at radius 2 is 1.58 bits per heavy atom. The molecule has 19 heavy (non-hydrogen) atoms. The van der Waals surface area contributed by atoms with Crippen LogP contribution in [0.2, 0.25) is 0 Å². The summed E-state index contributed by atoms with van der Waals surface area (Å²) in [5.74, 6) is -1.09. The van der Waals surface area contributed by atoms with Crippen molar-refractivity contribution >= 4 is 5.97 Å². The fraction of sp³-hybridized carbons (Fsp3) is 0. The molecule has 0 radical (unpaired) electrons. The summed E-state index contributed by atoms with van der Waals surface area (Å²) in [6, 6.07) is 15.2. The lowest BCUT2D eigenvalue weighted by atomic mass is 9.95. The summed E-state index contributed by atoms with van der Waals surface area (Å²) in [4.78, 5) is 10.9. The van der Waals surface area contributed by atoms with Crippen LogP contribution in [0.25, 0.3) is 11.1 Å². The van der Waals surface area contributed by atoms with Crippen LogP contribution in [0.5, 0.6) is 0 Å². The molecule has 2 aromatic rings. The Morgan fingerprint density at radius 1 is 0.947 bits per heavy atom. The average molecular weight is 248 g/mol. The van der Waals surface area contributed by atoms with Crippen LogP contribution < -0.4 is 0 Å². The molecular formula is C15H8N2O2. The van der Waals surface area contributed by atoms with Crippen molar-refractivity contribution < 1.29 is 9.90 Å². The molecule has 0 amide bonds. The van der Waals surface area contributed by atoms with E-state index in [1.165, 1.54) is 12.1 Å². The van der Waals surface area contributed by atoms with E-state index < -0.39 is 5.97 Å². The lowest BCUT2D eigenvalue weighted by Crippen LogP contribution is -1.98. The van der Waals surface area contributed by atoms with E-state index in [1.807, 2.05) is 6.07 Å². The van der Waals surface area contributed by atoms with Crippen LogP contribution in [-0.4, -0.2) is 11.1 Å². The maximum absolute atomic E-state index is 10.9. The zero-order valence-electron chi connectivity index (χ0n) is 9.79. The fourth-order valence-electron chi connectivity index (χ4n) is 1.82. The molecule has 0 aliphatic carbocycles. The van der Waals surface area contributed by atoms with Gasteiger partial charge in [0.05, 0.1) is 28.8 Å². The van der Waals surface area contributed by atoms with Gasteiger partial charge >= 0.3 is 5.97 Å². The molecule has 0 atom stereocenters. The first-order chi connectivity index (χ1) is 9.17. The maximum atomic E-state index is 10.9. The Balaban J connectivity index is 2.67. The molecule has 1 N–H and O–H groups in total. The third-order valence-corrected chi connectivity index (χ3v) is 2.72. The molecular weight excluding hydrogens is 240 g/mol. The second kappa shape index (κ2) is 5.03. The molecule has 4 heteroatoms. The normalized spacial score (nSPS) is 9.37. The fourth-order valence-corrected chi connectivity index (χ4v) is 1.82. The molecule has 0 spiro atoms. The van der Waals surface area contributed by atoms with Gasteiger partial charge in [-0.05, 0) is 18.2 Å². The topological polar surface area (TPSA) is 84.9 Å². The van der Waals surface area contributed by atoms with Gasteiger partial charge in [0.25, 0.3) is 0 Å². The second-order valence-corrected chi connectivity index (χ2v) is 3.83. The van der Waals surface area contributed by atoms with Gasteiger partial charge in [-0.15, -0.1) is 0 Å². The number of rotatable bonds is 2. The molecule has 0 aliphatic heterocycles. The number of carbonyl (C=O) groups is 1. The van der Waals surface area contributed by atoms with Crippen LogP contribution in [0.3, 0.4) is 0 Å². The van der Waals surface area contributed by atoms with Crippen LogP contribution in [0.4, 0.5) is 0 Å². The summed E-state index contributed by atoms with van der Waals surface area (Å²) in [6.45, 7) is 0. The third kappa shape index (κ3) is 2.29. The number of hydrogen-bond acceptors (Lipinski definition) is 3. The molecule has 2 rings (SSSR count). The highest BCUT2D eigenvalue weighted by Gasteiger charge is 2.12. The highest BCUT2D eigenvalue weighted by atomic mass is 16.4. The number of hydrogen-bond donors (Lipinski definition) is 1. The number of aromatic carboxylic acids is 1. The Labute approximate surface area is 109 Å². The number of benzene rings is 2. The number of nitrogens with zero attached hydrogens (tertiary/aromatic N) is 2. The van der Waals surface area contributed by atoms with Crippen LogP contribution in [0, 0.1) is 22.7 Å². The molecule has 4 nitrogen and oxygen atoms in total. The Bertz CT molecular complexity index is 737. The van der Waals surface area contributed by atoms with E-state index in [2.05, 4.69) is 6.07 Å². The standard InChI is InChI=1S/C15H8N2O2/c16-8-11-3-1-2-4-13(11)14-6-5-10(15(18)19)7-12(14)9-17/h1-7H,(H,18,19). The van der Waals surface area contributed by atoms with Crippen molar-refractivity contribution in [2.75, 3.05) is 0 Å². The van der Waals surface area contributed by atoms with E-state index >= 15 is 0 Å². The highest BCUT2D eigenvalue weighted by molar-refractivity contribution is 5.90. The van der Waals surface area contributed by atoms with Crippen molar-refractivity contribution in [3.8, 4) is 23.3 Å². The summed E-state index contributed by atoms with van der Waals surface area (Å²) in [5.41, 5.74) is 1.92. The van der Waals surface area contributed by atoms with E-state index in [9.17, 15) is 4.79 Å². The molecule has 0 heterocycles. The van der Waals surface area contributed by atoms with Crippen LogP contribution >= 0.6 is 0 Å². The second-order valence-electron chi connectivity index (χ2n) is 3.83. The average Bonchev–Trinajstić information content (AvgIpc) is 2.46. The predicted molar refractivity (Wildman–Crippen MR) is 68.3 cm³/mol.